The van der Waals surface area contributed by atoms with E-state index in [1.54, 1.807) is 13.3 Å². The van der Waals surface area contributed by atoms with Crippen LogP contribution in [0.15, 0.2) is 67.0 Å². The molecule has 35 heavy (non-hydrogen) atoms. The Morgan fingerprint density at radius 2 is 1.71 bits per heavy atom. The van der Waals surface area contributed by atoms with Gasteiger partial charge in [0.15, 0.2) is 11.5 Å². The summed E-state index contributed by atoms with van der Waals surface area (Å²) in [6, 6.07) is 18.7. The second-order valence-corrected chi connectivity index (χ2v) is 9.59. The predicted octanol–water partition coefficient (Wildman–Crippen LogP) is 5.83. The van der Waals surface area contributed by atoms with Gasteiger partial charge in [-0.3, -0.25) is 4.98 Å². The lowest BCUT2D eigenvalue weighted by Crippen LogP contribution is -2.21. The maximum Gasteiger partial charge on any atom is 0.163 e. The molecule has 6 heteroatoms. The highest BCUT2D eigenvalue weighted by Gasteiger charge is 2.22. The third-order valence-corrected chi connectivity index (χ3v) is 6.92. The summed E-state index contributed by atoms with van der Waals surface area (Å²) >= 11 is 0. The maximum absolute atomic E-state index is 6.39. The van der Waals surface area contributed by atoms with Gasteiger partial charge in [0.25, 0.3) is 0 Å². The molecule has 2 aliphatic rings. The van der Waals surface area contributed by atoms with Crippen LogP contribution in [0.25, 0.3) is 0 Å². The molecule has 0 amide bonds. The zero-order valence-electron chi connectivity index (χ0n) is 20.7. The molecule has 2 fully saturated rings. The fourth-order valence-corrected chi connectivity index (χ4v) is 5.00. The van der Waals surface area contributed by atoms with Crippen LogP contribution in [0.3, 0.4) is 0 Å². The number of anilines is 2. The molecular formula is C29H35N3O3. The summed E-state index contributed by atoms with van der Waals surface area (Å²) in [7, 11) is 3.84. The van der Waals surface area contributed by atoms with Gasteiger partial charge in [0.05, 0.1) is 13.2 Å². The minimum absolute atomic E-state index is 0.259. The first-order valence-electron chi connectivity index (χ1n) is 12.6. The van der Waals surface area contributed by atoms with E-state index in [-0.39, 0.29) is 12.2 Å². The number of ether oxygens (including phenoxy) is 3. The van der Waals surface area contributed by atoms with Crippen molar-refractivity contribution < 1.29 is 14.2 Å². The van der Waals surface area contributed by atoms with Crippen LogP contribution < -0.4 is 19.1 Å². The first-order chi connectivity index (χ1) is 17.2. The lowest BCUT2D eigenvalue weighted by atomic mass is 10.1. The third kappa shape index (κ3) is 5.88. The fourth-order valence-electron chi connectivity index (χ4n) is 5.00. The van der Waals surface area contributed by atoms with Crippen molar-refractivity contribution in [3.8, 4) is 17.2 Å². The van der Waals surface area contributed by atoms with Gasteiger partial charge < -0.3 is 24.0 Å². The minimum atomic E-state index is 0.259. The van der Waals surface area contributed by atoms with Crippen LogP contribution >= 0.6 is 0 Å². The number of hydrogen-bond donors (Lipinski definition) is 0. The van der Waals surface area contributed by atoms with Crippen molar-refractivity contribution in [2.75, 3.05) is 32.1 Å². The number of methoxy groups -OCH3 is 1. The Morgan fingerprint density at radius 3 is 2.40 bits per heavy atom. The number of hydrogen-bond acceptors (Lipinski definition) is 6. The number of pyridine rings is 1. The molecule has 1 saturated heterocycles. The van der Waals surface area contributed by atoms with Crippen molar-refractivity contribution in [2.24, 2.45) is 0 Å². The molecule has 1 aromatic heterocycles. The Balaban J connectivity index is 1.42. The first-order valence-corrected chi connectivity index (χ1v) is 12.6. The van der Waals surface area contributed by atoms with Crippen molar-refractivity contribution in [3.05, 3.63) is 72.6 Å². The van der Waals surface area contributed by atoms with E-state index in [2.05, 4.69) is 64.3 Å². The molecule has 2 heterocycles. The number of rotatable bonds is 9. The number of benzene rings is 2. The smallest absolute Gasteiger partial charge is 0.163 e. The molecule has 2 aromatic carbocycles. The van der Waals surface area contributed by atoms with Crippen LogP contribution in [0, 0.1) is 0 Å². The van der Waals surface area contributed by atoms with Crippen molar-refractivity contribution in [2.45, 2.75) is 50.9 Å². The molecule has 0 spiro atoms. The molecule has 1 aliphatic heterocycles. The largest absolute Gasteiger partial charge is 0.493 e. The summed E-state index contributed by atoms with van der Waals surface area (Å²) in [5, 5.41) is 0. The summed E-state index contributed by atoms with van der Waals surface area (Å²) in [5.41, 5.74) is 3.27. The van der Waals surface area contributed by atoms with E-state index in [9.17, 15) is 0 Å². The summed E-state index contributed by atoms with van der Waals surface area (Å²) in [5.74, 6) is 2.49. The molecule has 0 bridgehead atoms. The van der Waals surface area contributed by atoms with Gasteiger partial charge in [-0.25, -0.2) is 0 Å². The Labute approximate surface area is 208 Å². The quantitative estimate of drug-likeness (QED) is 0.390. The zero-order chi connectivity index (χ0) is 24.0. The van der Waals surface area contributed by atoms with E-state index in [1.165, 1.54) is 12.8 Å². The Kier molecular flexibility index (Phi) is 7.38. The van der Waals surface area contributed by atoms with Crippen LogP contribution in [0.5, 0.6) is 17.2 Å². The highest BCUT2D eigenvalue weighted by molar-refractivity contribution is 5.67. The summed E-state index contributed by atoms with van der Waals surface area (Å²) in [6.45, 7) is 2.76. The predicted molar refractivity (Wildman–Crippen MR) is 139 cm³/mol. The summed E-state index contributed by atoms with van der Waals surface area (Å²) < 4.78 is 18.2. The lowest BCUT2D eigenvalue weighted by molar-refractivity contribution is 0.201. The fraction of sp³-hybridized carbons (Fsp3) is 0.414. The average Bonchev–Trinajstić information content (AvgIpc) is 3.55. The SMILES string of the molecule is COc1ccc(N(Cc2cccnc2)c2ccc(OC3CCN(C)C3)cc2)cc1OC1CCCC1. The van der Waals surface area contributed by atoms with E-state index in [0.717, 1.165) is 66.5 Å². The van der Waals surface area contributed by atoms with Gasteiger partial charge in [0, 0.05) is 49.5 Å². The number of likely N-dealkylation sites (tertiary alicyclic amines) is 1. The van der Waals surface area contributed by atoms with Gasteiger partial charge in [0.2, 0.25) is 0 Å². The van der Waals surface area contributed by atoms with Crippen molar-refractivity contribution in [1.29, 1.82) is 0 Å². The van der Waals surface area contributed by atoms with E-state index < -0.39 is 0 Å². The molecule has 1 atom stereocenters. The highest BCUT2D eigenvalue weighted by atomic mass is 16.5. The maximum atomic E-state index is 6.39. The molecule has 6 nitrogen and oxygen atoms in total. The van der Waals surface area contributed by atoms with Gasteiger partial charge in [-0.15, -0.1) is 0 Å². The number of likely N-dealkylation sites (N-methyl/N-ethyl adjacent to an activating group) is 1. The van der Waals surface area contributed by atoms with E-state index >= 15 is 0 Å². The Morgan fingerprint density at radius 1 is 0.914 bits per heavy atom. The Bertz CT molecular complexity index is 1080. The molecule has 5 rings (SSSR count). The molecule has 1 aliphatic carbocycles. The summed E-state index contributed by atoms with van der Waals surface area (Å²) in [4.78, 5) is 8.91. The van der Waals surface area contributed by atoms with Crippen molar-refractivity contribution in [1.82, 2.24) is 9.88 Å². The molecular weight excluding hydrogens is 438 g/mol. The van der Waals surface area contributed by atoms with Gasteiger partial charge in [-0.05, 0) is 87.2 Å². The first kappa shape index (κ1) is 23.5. The van der Waals surface area contributed by atoms with Crippen LogP contribution in [0.2, 0.25) is 0 Å². The highest BCUT2D eigenvalue weighted by Crippen LogP contribution is 2.38. The normalized spacial score (nSPS) is 18.5. The van der Waals surface area contributed by atoms with Gasteiger partial charge in [-0.1, -0.05) is 6.07 Å². The third-order valence-electron chi connectivity index (χ3n) is 6.92. The molecule has 1 saturated carbocycles. The number of aromatic nitrogens is 1. The molecule has 184 valence electrons. The van der Waals surface area contributed by atoms with Crippen LogP contribution in [0.4, 0.5) is 11.4 Å². The molecule has 1 unspecified atom stereocenters. The van der Waals surface area contributed by atoms with Crippen molar-refractivity contribution >= 4 is 11.4 Å². The van der Waals surface area contributed by atoms with Crippen LogP contribution in [-0.2, 0) is 6.54 Å². The molecule has 3 aromatic rings. The average molecular weight is 474 g/mol. The summed E-state index contributed by atoms with van der Waals surface area (Å²) in [6.07, 6.45) is 9.97. The van der Waals surface area contributed by atoms with E-state index in [4.69, 9.17) is 14.2 Å². The second kappa shape index (κ2) is 11.0. The van der Waals surface area contributed by atoms with Crippen LogP contribution in [-0.4, -0.2) is 49.3 Å². The topological polar surface area (TPSA) is 47.1 Å². The minimum Gasteiger partial charge on any atom is -0.493 e. The van der Waals surface area contributed by atoms with Gasteiger partial charge in [-0.2, -0.15) is 0 Å². The monoisotopic (exact) mass is 473 g/mol. The molecule has 0 N–H and O–H groups in total. The standard InChI is InChI=1S/C29H35N3O3/c1-31-17-15-27(21-31)34-26-12-9-23(10-13-26)32(20-22-6-5-16-30-19-22)24-11-14-28(33-2)29(18-24)35-25-7-3-4-8-25/h5-6,9-14,16,18-19,25,27H,3-4,7-8,15,17,20-21H2,1-2H3. The zero-order valence-corrected chi connectivity index (χ0v) is 20.7. The lowest BCUT2D eigenvalue weighted by Gasteiger charge is -2.27. The van der Waals surface area contributed by atoms with E-state index in [0.29, 0.717) is 6.54 Å². The second-order valence-electron chi connectivity index (χ2n) is 9.59. The molecule has 0 radical (unpaired) electrons. The Hall–Kier alpha value is -3.25. The van der Waals surface area contributed by atoms with Crippen molar-refractivity contribution in [3.63, 3.8) is 0 Å². The number of nitrogens with zero attached hydrogens (tertiary/aromatic N) is 3. The van der Waals surface area contributed by atoms with Crippen LogP contribution in [0.1, 0.15) is 37.7 Å². The van der Waals surface area contributed by atoms with Gasteiger partial charge in [0.1, 0.15) is 11.9 Å². The van der Waals surface area contributed by atoms with Gasteiger partial charge >= 0.3 is 0 Å². The van der Waals surface area contributed by atoms with E-state index in [1.807, 2.05) is 18.3 Å².